The summed E-state index contributed by atoms with van der Waals surface area (Å²) in [4.78, 5) is 26.6. The number of aromatic nitrogens is 1. The van der Waals surface area contributed by atoms with Gasteiger partial charge in [-0.15, -0.1) is 0 Å². The fraction of sp³-hybridized carbons (Fsp3) is 0.0833. The highest BCUT2D eigenvalue weighted by molar-refractivity contribution is 6.03. The number of aromatic amines is 1. The largest absolute Gasteiger partial charge is 0.465 e. The van der Waals surface area contributed by atoms with Crippen LogP contribution in [0.15, 0.2) is 72.9 Å². The van der Waals surface area contributed by atoms with Gasteiger partial charge in [0.25, 0.3) is 0 Å². The quantitative estimate of drug-likeness (QED) is 0.498. The van der Waals surface area contributed by atoms with Gasteiger partial charge in [0, 0.05) is 17.1 Å². The number of carbonyl (C=O) groups is 2. The maximum absolute atomic E-state index is 11.7. The van der Waals surface area contributed by atoms with Crippen molar-refractivity contribution in [2.45, 2.75) is 0 Å². The van der Waals surface area contributed by atoms with E-state index >= 15 is 0 Å². The van der Waals surface area contributed by atoms with Crippen LogP contribution in [0, 0.1) is 0 Å². The van der Waals surface area contributed by atoms with Gasteiger partial charge >= 0.3 is 11.9 Å². The zero-order valence-corrected chi connectivity index (χ0v) is 16.1. The molecule has 1 N–H and O–H groups in total. The van der Waals surface area contributed by atoms with Gasteiger partial charge in [0.15, 0.2) is 0 Å². The van der Waals surface area contributed by atoms with E-state index < -0.39 is 0 Å². The van der Waals surface area contributed by atoms with E-state index in [9.17, 15) is 9.59 Å². The Balaban J connectivity index is 1.74. The molecular weight excluding hydrogens is 366 g/mol. The molecule has 0 saturated heterocycles. The average Bonchev–Trinajstić information content (AvgIpc) is 3.27. The Labute approximate surface area is 167 Å². The van der Waals surface area contributed by atoms with Crippen molar-refractivity contribution < 1.29 is 19.1 Å². The molecule has 4 aromatic rings. The molecule has 0 bridgehead atoms. The Morgan fingerprint density at radius 3 is 1.66 bits per heavy atom. The highest BCUT2D eigenvalue weighted by Gasteiger charge is 2.12. The predicted molar refractivity (Wildman–Crippen MR) is 112 cm³/mol. The van der Waals surface area contributed by atoms with E-state index in [0.29, 0.717) is 11.1 Å². The minimum atomic E-state index is -0.354. The summed E-state index contributed by atoms with van der Waals surface area (Å²) < 4.78 is 9.52. The molecule has 4 rings (SSSR count). The topological polar surface area (TPSA) is 68.4 Å². The Kier molecular flexibility index (Phi) is 4.87. The number of rotatable bonds is 4. The molecule has 0 fully saturated rings. The molecule has 5 heteroatoms. The third kappa shape index (κ3) is 3.38. The maximum Gasteiger partial charge on any atom is 0.337 e. The number of H-pyrrole nitrogens is 1. The fourth-order valence-electron chi connectivity index (χ4n) is 3.46. The minimum Gasteiger partial charge on any atom is -0.465 e. The Morgan fingerprint density at radius 2 is 1.14 bits per heavy atom. The second kappa shape index (κ2) is 7.64. The van der Waals surface area contributed by atoms with E-state index in [-0.39, 0.29) is 11.9 Å². The average molecular weight is 385 g/mol. The van der Waals surface area contributed by atoms with Crippen molar-refractivity contribution in [2.75, 3.05) is 14.2 Å². The third-order valence-corrected chi connectivity index (χ3v) is 4.96. The smallest absolute Gasteiger partial charge is 0.337 e. The first kappa shape index (κ1) is 18.5. The van der Waals surface area contributed by atoms with Crippen LogP contribution in [0.4, 0.5) is 0 Å². The van der Waals surface area contributed by atoms with Gasteiger partial charge in [-0.2, -0.15) is 0 Å². The molecule has 0 saturated carbocycles. The predicted octanol–water partition coefficient (Wildman–Crippen LogP) is 5.08. The molecule has 5 nitrogen and oxygen atoms in total. The molecule has 144 valence electrons. The van der Waals surface area contributed by atoms with Gasteiger partial charge in [0.1, 0.15) is 0 Å². The Hall–Kier alpha value is -3.86. The fourth-order valence-corrected chi connectivity index (χ4v) is 3.46. The van der Waals surface area contributed by atoms with E-state index in [0.717, 1.165) is 33.2 Å². The van der Waals surface area contributed by atoms with Crippen molar-refractivity contribution in [1.82, 2.24) is 4.98 Å². The first-order valence-electron chi connectivity index (χ1n) is 9.10. The van der Waals surface area contributed by atoms with Crippen LogP contribution in [-0.4, -0.2) is 31.1 Å². The number of hydrogen-bond donors (Lipinski definition) is 1. The van der Waals surface area contributed by atoms with Crippen LogP contribution in [0.2, 0.25) is 0 Å². The van der Waals surface area contributed by atoms with E-state index in [1.165, 1.54) is 14.2 Å². The summed E-state index contributed by atoms with van der Waals surface area (Å²) in [7, 11) is 2.74. The normalized spacial score (nSPS) is 10.7. The molecule has 1 heterocycles. The molecule has 0 unspecified atom stereocenters. The molecular formula is C24H19NO4. The van der Waals surface area contributed by atoms with Crippen molar-refractivity contribution >= 4 is 22.8 Å². The summed E-state index contributed by atoms with van der Waals surface area (Å²) in [5.74, 6) is -0.707. The summed E-state index contributed by atoms with van der Waals surface area (Å²) in [6, 6.07) is 20.8. The number of carbonyl (C=O) groups excluding carboxylic acids is 2. The van der Waals surface area contributed by atoms with E-state index in [4.69, 9.17) is 9.47 Å². The standard InChI is InChI=1S/C24H19NO4/c1-28-23(26)17-7-3-15(4-8-17)19-11-12-20(22-21(19)13-14-25-22)16-5-9-18(10-6-16)24(27)29-2/h3-14,25H,1-2H3. The zero-order chi connectivity index (χ0) is 20.4. The molecule has 0 amide bonds. The van der Waals surface area contributed by atoms with Gasteiger partial charge in [0.05, 0.1) is 30.9 Å². The summed E-state index contributed by atoms with van der Waals surface area (Å²) in [5.41, 5.74) is 6.15. The molecule has 0 aliphatic heterocycles. The lowest BCUT2D eigenvalue weighted by molar-refractivity contribution is 0.0592. The summed E-state index contributed by atoms with van der Waals surface area (Å²) in [6.45, 7) is 0. The lowest BCUT2D eigenvalue weighted by Crippen LogP contribution is -2.00. The lowest BCUT2D eigenvalue weighted by Gasteiger charge is -2.10. The number of fused-ring (bicyclic) bond motifs is 1. The Bertz CT molecular complexity index is 1090. The van der Waals surface area contributed by atoms with Crippen molar-refractivity contribution in [1.29, 1.82) is 0 Å². The summed E-state index contributed by atoms with van der Waals surface area (Å²) in [6.07, 6.45) is 1.91. The van der Waals surface area contributed by atoms with Gasteiger partial charge in [-0.3, -0.25) is 0 Å². The van der Waals surface area contributed by atoms with Crippen molar-refractivity contribution in [3.63, 3.8) is 0 Å². The van der Waals surface area contributed by atoms with E-state index in [2.05, 4.69) is 17.1 Å². The number of nitrogens with one attached hydrogen (secondary N) is 1. The number of hydrogen-bond acceptors (Lipinski definition) is 4. The van der Waals surface area contributed by atoms with Crippen molar-refractivity contribution in [3.8, 4) is 22.3 Å². The molecule has 3 aromatic carbocycles. The number of ether oxygens (including phenoxy) is 2. The van der Waals surface area contributed by atoms with E-state index in [1.807, 2.05) is 36.5 Å². The second-order valence-electron chi connectivity index (χ2n) is 6.56. The molecule has 29 heavy (non-hydrogen) atoms. The van der Waals surface area contributed by atoms with Gasteiger partial charge in [0.2, 0.25) is 0 Å². The second-order valence-corrected chi connectivity index (χ2v) is 6.56. The van der Waals surface area contributed by atoms with Crippen LogP contribution in [-0.2, 0) is 9.47 Å². The van der Waals surface area contributed by atoms with Crippen LogP contribution in [0.25, 0.3) is 33.2 Å². The molecule has 0 aliphatic carbocycles. The van der Waals surface area contributed by atoms with Crippen LogP contribution >= 0.6 is 0 Å². The molecule has 0 atom stereocenters. The third-order valence-electron chi connectivity index (χ3n) is 4.96. The highest BCUT2D eigenvalue weighted by atomic mass is 16.5. The first-order chi connectivity index (χ1) is 14.1. The monoisotopic (exact) mass is 385 g/mol. The van der Waals surface area contributed by atoms with Crippen LogP contribution in [0.3, 0.4) is 0 Å². The Morgan fingerprint density at radius 1 is 0.655 bits per heavy atom. The van der Waals surface area contributed by atoms with Crippen LogP contribution in [0.1, 0.15) is 20.7 Å². The lowest BCUT2D eigenvalue weighted by atomic mass is 9.95. The number of esters is 2. The molecule has 0 spiro atoms. The maximum atomic E-state index is 11.7. The van der Waals surface area contributed by atoms with Crippen LogP contribution < -0.4 is 0 Å². The van der Waals surface area contributed by atoms with Crippen molar-refractivity contribution in [2.24, 2.45) is 0 Å². The van der Waals surface area contributed by atoms with Crippen LogP contribution in [0.5, 0.6) is 0 Å². The molecule has 1 aromatic heterocycles. The highest BCUT2D eigenvalue weighted by Crippen LogP contribution is 2.35. The molecule has 0 aliphatic rings. The summed E-state index contributed by atoms with van der Waals surface area (Å²) >= 11 is 0. The van der Waals surface area contributed by atoms with Crippen molar-refractivity contribution in [3.05, 3.63) is 84.1 Å². The summed E-state index contributed by atoms with van der Waals surface area (Å²) in [5, 5.41) is 1.07. The number of methoxy groups -OCH3 is 2. The van der Waals surface area contributed by atoms with Gasteiger partial charge < -0.3 is 14.5 Å². The van der Waals surface area contributed by atoms with Gasteiger partial charge in [-0.25, -0.2) is 9.59 Å². The zero-order valence-electron chi connectivity index (χ0n) is 16.1. The first-order valence-corrected chi connectivity index (χ1v) is 9.10. The van der Waals surface area contributed by atoms with Gasteiger partial charge in [-0.1, -0.05) is 36.4 Å². The molecule has 0 radical (unpaired) electrons. The van der Waals surface area contributed by atoms with E-state index in [1.54, 1.807) is 24.3 Å². The minimum absolute atomic E-state index is 0.353. The SMILES string of the molecule is COC(=O)c1ccc(-c2ccc(-c3ccc(C(=O)OC)cc3)c3[nH]ccc23)cc1. The van der Waals surface area contributed by atoms with Gasteiger partial charge in [-0.05, 0) is 47.0 Å². The number of benzene rings is 3.